The molecule has 4 nitrogen and oxygen atoms in total. The van der Waals surface area contributed by atoms with Crippen molar-refractivity contribution in [2.45, 2.75) is 19.0 Å². The van der Waals surface area contributed by atoms with Gasteiger partial charge in [-0.2, -0.15) is 0 Å². The summed E-state index contributed by atoms with van der Waals surface area (Å²) in [7, 11) is -3.23. The first-order valence-corrected chi connectivity index (χ1v) is 8.08. The van der Waals surface area contributed by atoms with E-state index in [1.165, 1.54) is 24.3 Å². The monoisotopic (exact) mass is 305 g/mol. The Morgan fingerprint density at radius 1 is 1.35 bits per heavy atom. The summed E-state index contributed by atoms with van der Waals surface area (Å²) in [6.45, 7) is -0.00764. The quantitative estimate of drug-likeness (QED) is 0.881. The summed E-state index contributed by atoms with van der Waals surface area (Å²) >= 11 is 0. The van der Waals surface area contributed by atoms with Crippen molar-refractivity contribution in [3.8, 4) is 0 Å². The molecule has 1 aromatic carbocycles. The van der Waals surface area contributed by atoms with Crippen LogP contribution in [0.15, 0.2) is 24.3 Å². The van der Waals surface area contributed by atoms with Crippen LogP contribution in [0.1, 0.15) is 30.1 Å². The lowest BCUT2D eigenvalue weighted by molar-refractivity contribution is 0.0468. The molecular weight excluding hydrogens is 288 g/mol. The van der Waals surface area contributed by atoms with E-state index in [0.29, 0.717) is 0 Å². The van der Waals surface area contributed by atoms with Crippen LogP contribution in [-0.2, 0) is 9.84 Å². The lowest BCUT2D eigenvalue weighted by Crippen LogP contribution is -2.38. The highest BCUT2D eigenvalue weighted by Gasteiger charge is 2.47. The molecule has 0 aliphatic carbocycles. The van der Waals surface area contributed by atoms with Crippen LogP contribution in [-0.4, -0.2) is 31.6 Å². The summed E-state index contributed by atoms with van der Waals surface area (Å²) in [5, 5.41) is 10.4. The number of halogens is 2. The molecule has 1 fully saturated rings. The Morgan fingerprint density at radius 2 is 2.00 bits per heavy atom. The predicted octanol–water partition coefficient (Wildman–Crippen LogP) is 1.42. The van der Waals surface area contributed by atoms with E-state index in [9.17, 15) is 22.3 Å². The average molecular weight is 305 g/mol. The van der Waals surface area contributed by atoms with Gasteiger partial charge in [0.15, 0.2) is 9.84 Å². The second-order valence-electron chi connectivity index (χ2n) is 5.28. The molecule has 112 valence electrons. The molecule has 3 N–H and O–H groups in total. The Kier molecular flexibility index (Phi) is 4.13. The molecule has 2 atom stereocenters. The second kappa shape index (κ2) is 5.38. The standard InChI is InChI=1S/C13H17F2NO3S/c14-12(15)10-3-1-2-9(6-10)11(17)13(7-16)4-5-20(18,19)8-13/h1-3,6,11-12,17H,4-5,7-8,16H2. The number of rotatable bonds is 4. The molecule has 20 heavy (non-hydrogen) atoms. The number of aliphatic hydroxyl groups excluding tert-OH is 1. The molecule has 0 radical (unpaired) electrons. The molecule has 0 amide bonds. The van der Waals surface area contributed by atoms with E-state index < -0.39 is 27.8 Å². The summed E-state index contributed by atoms with van der Waals surface area (Å²) in [6, 6.07) is 5.41. The van der Waals surface area contributed by atoms with E-state index in [4.69, 9.17) is 5.73 Å². The summed E-state index contributed by atoms with van der Waals surface area (Å²) in [6.07, 6.45) is -3.56. The maximum absolute atomic E-state index is 12.7. The first kappa shape index (κ1) is 15.3. The number of alkyl halides is 2. The van der Waals surface area contributed by atoms with Crippen LogP contribution < -0.4 is 5.73 Å². The number of sulfone groups is 1. The van der Waals surface area contributed by atoms with Gasteiger partial charge in [0, 0.05) is 17.5 Å². The SMILES string of the molecule is NCC1(C(O)c2cccc(C(F)F)c2)CCS(=O)(=O)C1. The van der Waals surface area contributed by atoms with Crippen LogP contribution in [0.4, 0.5) is 8.78 Å². The fourth-order valence-electron chi connectivity index (χ4n) is 2.65. The molecule has 0 bridgehead atoms. The van der Waals surface area contributed by atoms with E-state index >= 15 is 0 Å². The maximum atomic E-state index is 12.7. The summed E-state index contributed by atoms with van der Waals surface area (Å²) in [5.41, 5.74) is 4.75. The molecule has 0 spiro atoms. The lowest BCUT2D eigenvalue weighted by atomic mass is 9.78. The van der Waals surface area contributed by atoms with E-state index in [-0.39, 0.29) is 35.6 Å². The number of nitrogens with two attached hydrogens (primary N) is 1. The van der Waals surface area contributed by atoms with Crippen molar-refractivity contribution >= 4 is 9.84 Å². The van der Waals surface area contributed by atoms with Gasteiger partial charge in [-0.3, -0.25) is 0 Å². The van der Waals surface area contributed by atoms with Crippen molar-refractivity contribution < 1.29 is 22.3 Å². The van der Waals surface area contributed by atoms with Crippen molar-refractivity contribution in [3.63, 3.8) is 0 Å². The third kappa shape index (κ3) is 2.84. The fraction of sp³-hybridized carbons (Fsp3) is 0.538. The molecule has 2 unspecified atom stereocenters. The molecule has 1 aromatic rings. The van der Waals surface area contributed by atoms with Gasteiger partial charge in [-0.25, -0.2) is 17.2 Å². The van der Waals surface area contributed by atoms with Crippen molar-refractivity contribution in [2.24, 2.45) is 11.1 Å². The van der Waals surface area contributed by atoms with Crippen molar-refractivity contribution in [3.05, 3.63) is 35.4 Å². The Morgan fingerprint density at radius 3 is 2.50 bits per heavy atom. The molecule has 1 aliphatic heterocycles. The third-order valence-corrected chi connectivity index (χ3v) is 5.72. The first-order valence-electron chi connectivity index (χ1n) is 6.26. The third-order valence-electron chi connectivity index (χ3n) is 3.88. The Labute approximate surface area is 116 Å². The topological polar surface area (TPSA) is 80.4 Å². The van der Waals surface area contributed by atoms with Gasteiger partial charge in [-0.05, 0) is 18.1 Å². The lowest BCUT2D eigenvalue weighted by Gasteiger charge is -2.32. The Balaban J connectivity index is 2.34. The van der Waals surface area contributed by atoms with Gasteiger partial charge in [0.1, 0.15) is 0 Å². The van der Waals surface area contributed by atoms with Crippen LogP contribution >= 0.6 is 0 Å². The molecule has 1 saturated heterocycles. The summed E-state index contributed by atoms with van der Waals surface area (Å²) in [4.78, 5) is 0. The average Bonchev–Trinajstić information content (AvgIpc) is 2.75. The van der Waals surface area contributed by atoms with Crippen molar-refractivity contribution in [1.29, 1.82) is 0 Å². The van der Waals surface area contributed by atoms with Crippen molar-refractivity contribution in [2.75, 3.05) is 18.1 Å². The maximum Gasteiger partial charge on any atom is 0.263 e. The molecular formula is C13H17F2NO3S. The van der Waals surface area contributed by atoms with E-state index in [1.807, 2.05) is 0 Å². The highest BCUT2D eigenvalue weighted by Crippen LogP contribution is 2.43. The summed E-state index contributed by atoms with van der Waals surface area (Å²) < 4.78 is 48.6. The van der Waals surface area contributed by atoms with Crippen LogP contribution in [0.3, 0.4) is 0 Å². The van der Waals surface area contributed by atoms with Crippen LogP contribution in [0.25, 0.3) is 0 Å². The minimum absolute atomic E-state index is 0.00764. The number of hydrogen-bond donors (Lipinski definition) is 2. The van der Waals surface area contributed by atoms with Gasteiger partial charge in [0.25, 0.3) is 6.43 Å². The molecule has 7 heteroatoms. The fourth-order valence-corrected chi connectivity index (χ4v) is 4.81. The van der Waals surface area contributed by atoms with Gasteiger partial charge < -0.3 is 10.8 Å². The number of hydrogen-bond acceptors (Lipinski definition) is 4. The van der Waals surface area contributed by atoms with Gasteiger partial charge in [0.2, 0.25) is 0 Å². The normalized spacial score (nSPS) is 26.9. The molecule has 1 aliphatic rings. The van der Waals surface area contributed by atoms with E-state index in [0.717, 1.165) is 0 Å². The summed E-state index contributed by atoms with van der Waals surface area (Å²) in [5.74, 6) is -0.244. The number of aliphatic hydroxyl groups is 1. The molecule has 1 heterocycles. The number of benzene rings is 1. The van der Waals surface area contributed by atoms with E-state index in [2.05, 4.69) is 0 Å². The van der Waals surface area contributed by atoms with Crippen LogP contribution in [0.2, 0.25) is 0 Å². The zero-order chi connectivity index (χ0) is 15.0. The Bertz CT molecular complexity index is 591. The zero-order valence-corrected chi connectivity index (χ0v) is 11.6. The second-order valence-corrected chi connectivity index (χ2v) is 7.47. The van der Waals surface area contributed by atoms with Crippen molar-refractivity contribution in [1.82, 2.24) is 0 Å². The smallest absolute Gasteiger partial charge is 0.263 e. The van der Waals surface area contributed by atoms with Crippen LogP contribution in [0, 0.1) is 5.41 Å². The highest BCUT2D eigenvalue weighted by molar-refractivity contribution is 7.91. The minimum atomic E-state index is -3.23. The van der Waals surface area contributed by atoms with E-state index in [1.54, 1.807) is 0 Å². The predicted molar refractivity (Wildman–Crippen MR) is 71.1 cm³/mol. The van der Waals surface area contributed by atoms with Gasteiger partial charge in [0.05, 0.1) is 17.6 Å². The zero-order valence-electron chi connectivity index (χ0n) is 10.8. The molecule has 2 rings (SSSR count). The van der Waals surface area contributed by atoms with Gasteiger partial charge in [-0.1, -0.05) is 18.2 Å². The Hall–Kier alpha value is -1.05. The van der Waals surface area contributed by atoms with Gasteiger partial charge in [-0.15, -0.1) is 0 Å². The molecule has 0 aromatic heterocycles. The highest BCUT2D eigenvalue weighted by atomic mass is 32.2. The van der Waals surface area contributed by atoms with Gasteiger partial charge >= 0.3 is 0 Å². The largest absolute Gasteiger partial charge is 0.388 e. The molecule has 0 saturated carbocycles. The van der Waals surface area contributed by atoms with Crippen LogP contribution in [0.5, 0.6) is 0 Å². The first-order chi connectivity index (χ1) is 9.30. The minimum Gasteiger partial charge on any atom is -0.388 e.